The first-order valence-electron chi connectivity index (χ1n) is 13.6. The standard InChI is InChI=1S/C31H40N2O6/c1-38-22-27-30(24-15-10-6-11-16-24)39-29(36)18-12-4-2-3-9-17-25(31(37)33-27)20-28(35)32-26(21-34)19-23-13-7-5-8-14-23/h3,5-11,13-16,25-27,30,34H,2,4,12,17-22H2,1H3,(H,32,35)(H,33,37). The van der Waals surface area contributed by atoms with Crippen molar-refractivity contribution in [3.8, 4) is 0 Å². The number of carbonyl (C=O) groups excluding carboxylic acids is 3. The molecular weight excluding hydrogens is 496 g/mol. The first kappa shape index (κ1) is 30.1. The zero-order valence-electron chi connectivity index (χ0n) is 22.6. The monoisotopic (exact) mass is 536 g/mol. The third kappa shape index (κ3) is 10.3. The van der Waals surface area contributed by atoms with Crippen LogP contribution in [0.25, 0.3) is 0 Å². The molecule has 4 atom stereocenters. The van der Waals surface area contributed by atoms with Crippen LogP contribution in [0.5, 0.6) is 0 Å². The van der Waals surface area contributed by atoms with Crippen LogP contribution in [0.2, 0.25) is 0 Å². The van der Waals surface area contributed by atoms with Gasteiger partial charge in [0, 0.05) is 20.0 Å². The van der Waals surface area contributed by atoms with Crippen molar-refractivity contribution >= 4 is 17.8 Å². The Morgan fingerprint density at radius 1 is 1.08 bits per heavy atom. The van der Waals surface area contributed by atoms with E-state index in [1.807, 2.05) is 72.8 Å². The average molecular weight is 537 g/mol. The molecule has 2 aromatic carbocycles. The van der Waals surface area contributed by atoms with Crippen molar-refractivity contribution < 1.29 is 29.0 Å². The molecule has 0 spiro atoms. The predicted octanol–water partition coefficient (Wildman–Crippen LogP) is 3.65. The van der Waals surface area contributed by atoms with Crippen LogP contribution in [0.15, 0.2) is 72.8 Å². The highest BCUT2D eigenvalue weighted by Crippen LogP contribution is 2.24. The smallest absolute Gasteiger partial charge is 0.306 e. The highest BCUT2D eigenvalue weighted by molar-refractivity contribution is 5.86. The minimum absolute atomic E-state index is 0.0447. The average Bonchev–Trinajstić information content (AvgIpc) is 2.94. The molecule has 0 saturated carbocycles. The summed E-state index contributed by atoms with van der Waals surface area (Å²) in [6.07, 6.45) is 6.58. The number of amides is 2. The molecule has 0 aliphatic carbocycles. The summed E-state index contributed by atoms with van der Waals surface area (Å²) in [5.41, 5.74) is 1.75. The molecule has 4 unspecified atom stereocenters. The summed E-state index contributed by atoms with van der Waals surface area (Å²) in [7, 11) is 1.52. The van der Waals surface area contributed by atoms with Crippen LogP contribution in [0.1, 0.15) is 55.8 Å². The van der Waals surface area contributed by atoms with Crippen LogP contribution in [0.4, 0.5) is 0 Å². The molecule has 3 rings (SSSR count). The van der Waals surface area contributed by atoms with Gasteiger partial charge >= 0.3 is 5.97 Å². The Labute approximate surface area is 230 Å². The van der Waals surface area contributed by atoms with Crippen LogP contribution < -0.4 is 10.6 Å². The van der Waals surface area contributed by atoms with Crippen molar-refractivity contribution in [3.63, 3.8) is 0 Å². The molecule has 1 heterocycles. The number of methoxy groups -OCH3 is 1. The number of ether oxygens (including phenoxy) is 2. The highest BCUT2D eigenvalue weighted by atomic mass is 16.5. The van der Waals surface area contributed by atoms with Crippen LogP contribution in [-0.2, 0) is 30.3 Å². The number of allylic oxidation sites excluding steroid dienone is 2. The molecule has 2 amide bonds. The summed E-state index contributed by atoms with van der Waals surface area (Å²) >= 11 is 0. The van der Waals surface area contributed by atoms with Crippen LogP contribution in [0, 0.1) is 5.92 Å². The van der Waals surface area contributed by atoms with Gasteiger partial charge in [-0.05, 0) is 43.2 Å². The van der Waals surface area contributed by atoms with Gasteiger partial charge in [-0.2, -0.15) is 0 Å². The Morgan fingerprint density at radius 3 is 2.49 bits per heavy atom. The number of cyclic esters (lactones) is 1. The molecule has 3 N–H and O–H groups in total. The van der Waals surface area contributed by atoms with Crippen LogP contribution in [-0.4, -0.2) is 55.3 Å². The quantitative estimate of drug-likeness (QED) is 0.333. The zero-order chi connectivity index (χ0) is 27.9. The number of hydrogen-bond donors (Lipinski definition) is 3. The van der Waals surface area contributed by atoms with E-state index in [0.717, 1.165) is 24.0 Å². The van der Waals surface area contributed by atoms with Gasteiger partial charge in [-0.15, -0.1) is 0 Å². The number of benzene rings is 2. The van der Waals surface area contributed by atoms with Crippen molar-refractivity contribution in [2.45, 2.75) is 63.1 Å². The summed E-state index contributed by atoms with van der Waals surface area (Å²) in [4.78, 5) is 39.2. The number of esters is 1. The minimum Gasteiger partial charge on any atom is -0.455 e. The Balaban J connectivity index is 1.77. The van der Waals surface area contributed by atoms with Crippen molar-refractivity contribution in [1.29, 1.82) is 0 Å². The van der Waals surface area contributed by atoms with E-state index in [-0.39, 0.29) is 37.4 Å². The van der Waals surface area contributed by atoms with Crippen molar-refractivity contribution in [1.82, 2.24) is 10.6 Å². The SMILES string of the molecule is COCC1NC(=O)C(CC(=O)NC(CO)Cc2ccccc2)CC=CCCCCC(=O)OC1c1ccccc1. The van der Waals surface area contributed by atoms with Gasteiger partial charge in [0.25, 0.3) is 0 Å². The molecule has 1 aliphatic rings. The number of rotatable bonds is 9. The lowest BCUT2D eigenvalue weighted by Crippen LogP contribution is -2.47. The molecule has 0 saturated heterocycles. The van der Waals surface area contributed by atoms with Crippen molar-refractivity contribution in [2.24, 2.45) is 5.92 Å². The van der Waals surface area contributed by atoms with Gasteiger partial charge in [0.15, 0.2) is 0 Å². The predicted molar refractivity (Wildman–Crippen MR) is 149 cm³/mol. The molecule has 0 bridgehead atoms. The highest BCUT2D eigenvalue weighted by Gasteiger charge is 2.31. The van der Waals surface area contributed by atoms with Gasteiger partial charge in [-0.1, -0.05) is 72.8 Å². The first-order valence-corrected chi connectivity index (χ1v) is 13.6. The third-order valence-electron chi connectivity index (χ3n) is 6.73. The minimum atomic E-state index is -0.736. The molecule has 0 fully saturated rings. The Morgan fingerprint density at radius 2 is 1.79 bits per heavy atom. The second-order valence-corrected chi connectivity index (χ2v) is 9.88. The molecule has 1 aliphatic heterocycles. The summed E-state index contributed by atoms with van der Waals surface area (Å²) in [6.45, 7) is -0.0889. The summed E-state index contributed by atoms with van der Waals surface area (Å²) in [6, 6.07) is 17.8. The lowest BCUT2D eigenvalue weighted by molar-refractivity contribution is -0.153. The van der Waals surface area contributed by atoms with E-state index >= 15 is 0 Å². The third-order valence-corrected chi connectivity index (χ3v) is 6.73. The molecule has 39 heavy (non-hydrogen) atoms. The zero-order valence-corrected chi connectivity index (χ0v) is 22.6. The Hall–Kier alpha value is -3.49. The van der Waals surface area contributed by atoms with Crippen LogP contribution >= 0.6 is 0 Å². The fourth-order valence-electron chi connectivity index (χ4n) is 4.67. The van der Waals surface area contributed by atoms with Gasteiger partial charge < -0.3 is 25.2 Å². The molecule has 8 nitrogen and oxygen atoms in total. The number of hydrogen-bond acceptors (Lipinski definition) is 6. The van der Waals surface area contributed by atoms with E-state index in [0.29, 0.717) is 25.7 Å². The number of carbonyl (C=O) groups is 3. The Bertz CT molecular complexity index is 1060. The van der Waals surface area contributed by atoms with Gasteiger partial charge in [0.2, 0.25) is 11.8 Å². The topological polar surface area (TPSA) is 114 Å². The van der Waals surface area contributed by atoms with Gasteiger partial charge in [0.05, 0.1) is 31.2 Å². The maximum absolute atomic E-state index is 13.5. The second kappa shape index (κ2) is 16.5. The second-order valence-electron chi connectivity index (χ2n) is 9.88. The number of aliphatic hydroxyl groups excluding tert-OH is 1. The van der Waals surface area contributed by atoms with E-state index in [1.165, 1.54) is 7.11 Å². The Kier molecular flexibility index (Phi) is 12.7. The van der Waals surface area contributed by atoms with E-state index in [2.05, 4.69) is 10.6 Å². The number of aliphatic hydroxyl groups is 1. The molecule has 0 radical (unpaired) electrons. The van der Waals surface area contributed by atoms with E-state index in [9.17, 15) is 19.5 Å². The van der Waals surface area contributed by atoms with Crippen LogP contribution in [0.3, 0.4) is 0 Å². The normalized spacial score (nSPS) is 21.7. The molecule has 2 aromatic rings. The van der Waals surface area contributed by atoms with Crippen molar-refractivity contribution in [3.05, 3.63) is 83.9 Å². The van der Waals surface area contributed by atoms with E-state index < -0.39 is 24.1 Å². The van der Waals surface area contributed by atoms with Gasteiger partial charge in [-0.25, -0.2) is 0 Å². The summed E-state index contributed by atoms with van der Waals surface area (Å²) in [5.74, 6) is -1.61. The van der Waals surface area contributed by atoms with E-state index in [1.54, 1.807) is 0 Å². The molecule has 0 aromatic heterocycles. The molecule has 210 valence electrons. The fourth-order valence-corrected chi connectivity index (χ4v) is 4.67. The fraction of sp³-hybridized carbons (Fsp3) is 0.452. The largest absolute Gasteiger partial charge is 0.455 e. The lowest BCUT2D eigenvalue weighted by atomic mass is 9.96. The summed E-state index contributed by atoms with van der Waals surface area (Å²) in [5, 5.41) is 15.7. The summed E-state index contributed by atoms with van der Waals surface area (Å²) < 4.78 is 11.3. The maximum atomic E-state index is 13.5. The lowest BCUT2D eigenvalue weighted by Gasteiger charge is -2.29. The first-order chi connectivity index (χ1) is 19.0. The van der Waals surface area contributed by atoms with Gasteiger partial charge in [-0.3, -0.25) is 14.4 Å². The molecule has 8 heteroatoms. The van der Waals surface area contributed by atoms with Gasteiger partial charge in [0.1, 0.15) is 6.10 Å². The number of nitrogens with one attached hydrogen (secondary N) is 2. The van der Waals surface area contributed by atoms with E-state index in [4.69, 9.17) is 9.47 Å². The van der Waals surface area contributed by atoms with Crippen molar-refractivity contribution in [2.75, 3.05) is 20.3 Å². The maximum Gasteiger partial charge on any atom is 0.306 e. The molecular formula is C31H40N2O6.